The molecule has 1 saturated heterocycles. The molecule has 1 aliphatic heterocycles. The van der Waals surface area contributed by atoms with Crippen LogP contribution in [0.25, 0.3) is 0 Å². The number of nitrogens with zero attached hydrogens (tertiary/aromatic N) is 1. The molecular formula is C16H23ClN2O2. The van der Waals surface area contributed by atoms with Crippen molar-refractivity contribution in [2.75, 3.05) is 32.8 Å². The van der Waals surface area contributed by atoms with Gasteiger partial charge in [0.1, 0.15) is 0 Å². The lowest BCUT2D eigenvalue weighted by Crippen LogP contribution is -2.55. The fourth-order valence-corrected chi connectivity index (χ4v) is 2.68. The molecule has 1 heterocycles. The van der Waals surface area contributed by atoms with Crippen molar-refractivity contribution in [2.45, 2.75) is 25.8 Å². The predicted octanol–water partition coefficient (Wildman–Crippen LogP) is 2.11. The number of carbonyl (C=O) groups excluding carboxylic acids is 1. The van der Waals surface area contributed by atoms with Gasteiger partial charge in [0, 0.05) is 30.2 Å². The number of amides is 1. The summed E-state index contributed by atoms with van der Waals surface area (Å²) >= 11 is 6.08. The molecule has 0 radical (unpaired) electrons. The van der Waals surface area contributed by atoms with Crippen molar-refractivity contribution in [2.24, 2.45) is 0 Å². The minimum absolute atomic E-state index is 0.00411. The molecule has 5 heteroatoms. The normalized spacial score (nSPS) is 16.7. The standard InChI is InChI=1S/C16H23ClN2O2/c1-16(2,19-7-9-21-10-8-19)12-18-15(20)11-13-5-3-4-6-14(13)17/h3-6H,7-12H2,1-2H3,(H,18,20). The summed E-state index contributed by atoms with van der Waals surface area (Å²) in [7, 11) is 0. The molecule has 4 nitrogen and oxygen atoms in total. The Bertz CT molecular complexity index is 485. The Morgan fingerprint density at radius 2 is 2.00 bits per heavy atom. The van der Waals surface area contributed by atoms with Crippen LogP contribution >= 0.6 is 11.6 Å². The Morgan fingerprint density at radius 1 is 1.33 bits per heavy atom. The molecular weight excluding hydrogens is 288 g/mol. The summed E-state index contributed by atoms with van der Waals surface area (Å²) in [6.45, 7) is 8.26. The van der Waals surface area contributed by atoms with Gasteiger partial charge in [-0.25, -0.2) is 0 Å². The van der Waals surface area contributed by atoms with Crippen LogP contribution in [0.5, 0.6) is 0 Å². The number of ether oxygens (including phenoxy) is 1. The van der Waals surface area contributed by atoms with Crippen molar-refractivity contribution in [3.63, 3.8) is 0 Å². The van der Waals surface area contributed by atoms with E-state index in [1.165, 1.54) is 0 Å². The largest absolute Gasteiger partial charge is 0.379 e. The quantitative estimate of drug-likeness (QED) is 0.905. The average molecular weight is 311 g/mol. The average Bonchev–Trinajstić information content (AvgIpc) is 2.49. The smallest absolute Gasteiger partial charge is 0.224 e. The van der Waals surface area contributed by atoms with Crippen molar-refractivity contribution >= 4 is 17.5 Å². The first-order chi connectivity index (χ1) is 9.99. The molecule has 0 saturated carbocycles. The van der Waals surface area contributed by atoms with Crippen LogP contribution in [0.3, 0.4) is 0 Å². The van der Waals surface area contributed by atoms with Crippen molar-refractivity contribution in [3.8, 4) is 0 Å². The second kappa shape index (κ2) is 7.25. The Hall–Kier alpha value is -1.10. The summed E-state index contributed by atoms with van der Waals surface area (Å²) in [6.07, 6.45) is 0.318. The van der Waals surface area contributed by atoms with Gasteiger partial charge in [0.25, 0.3) is 0 Å². The Kier molecular flexibility index (Phi) is 5.62. The molecule has 0 atom stereocenters. The maximum Gasteiger partial charge on any atom is 0.224 e. The molecule has 1 fully saturated rings. The fraction of sp³-hybridized carbons (Fsp3) is 0.562. The van der Waals surface area contributed by atoms with E-state index >= 15 is 0 Å². The Balaban J connectivity index is 1.84. The van der Waals surface area contributed by atoms with Crippen molar-refractivity contribution in [1.82, 2.24) is 10.2 Å². The predicted molar refractivity (Wildman–Crippen MR) is 84.6 cm³/mol. The summed E-state index contributed by atoms with van der Waals surface area (Å²) in [5.74, 6) is 0.00411. The number of carbonyl (C=O) groups is 1. The summed E-state index contributed by atoms with van der Waals surface area (Å²) in [6, 6.07) is 7.45. The van der Waals surface area contributed by atoms with E-state index in [1.807, 2.05) is 24.3 Å². The van der Waals surface area contributed by atoms with Crippen LogP contribution in [0.4, 0.5) is 0 Å². The van der Waals surface area contributed by atoms with Crippen LogP contribution in [0.15, 0.2) is 24.3 Å². The number of hydrogen-bond donors (Lipinski definition) is 1. The lowest BCUT2D eigenvalue weighted by molar-refractivity contribution is -0.121. The third-order valence-corrected chi connectivity index (χ3v) is 4.26. The van der Waals surface area contributed by atoms with Gasteiger partial charge in [-0.3, -0.25) is 9.69 Å². The highest BCUT2D eigenvalue weighted by molar-refractivity contribution is 6.31. The molecule has 1 amide bonds. The third-order valence-electron chi connectivity index (χ3n) is 3.89. The third kappa shape index (κ3) is 4.70. The molecule has 0 spiro atoms. The molecule has 2 rings (SSSR count). The van der Waals surface area contributed by atoms with Crippen LogP contribution in [0, 0.1) is 0 Å². The Labute approximate surface area is 131 Å². The maximum atomic E-state index is 12.1. The summed E-state index contributed by atoms with van der Waals surface area (Å²) < 4.78 is 5.37. The minimum Gasteiger partial charge on any atom is -0.379 e. The summed E-state index contributed by atoms with van der Waals surface area (Å²) in [5, 5.41) is 3.65. The van der Waals surface area contributed by atoms with Gasteiger partial charge in [-0.15, -0.1) is 0 Å². The number of nitrogens with one attached hydrogen (secondary N) is 1. The molecule has 0 bridgehead atoms. The molecule has 1 aromatic rings. The first-order valence-electron chi connectivity index (χ1n) is 7.32. The molecule has 1 aliphatic rings. The van der Waals surface area contributed by atoms with Gasteiger partial charge in [0.2, 0.25) is 5.91 Å². The summed E-state index contributed by atoms with van der Waals surface area (Å²) in [5.41, 5.74) is 0.792. The van der Waals surface area contributed by atoms with Crippen molar-refractivity contribution in [3.05, 3.63) is 34.9 Å². The molecule has 21 heavy (non-hydrogen) atoms. The van der Waals surface area contributed by atoms with Gasteiger partial charge >= 0.3 is 0 Å². The van der Waals surface area contributed by atoms with Gasteiger partial charge in [-0.05, 0) is 25.5 Å². The Morgan fingerprint density at radius 3 is 2.67 bits per heavy atom. The molecule has 116 valence electrons. The SMILES string of the molecule is CC(C)(CNC(=O)Cc1ccccc1Cl)N1CCOCC1. The number of benzene rings is 1. The number of hydrogen-bond acceptors (Lipinski definition) is 3. The van der Waals surface area contributed by atoms with E-state index < -0.39 is 0 Å². The van der Waals surface area contributed by atoms with E-state index in [4.69, 9.17) is 16.3 Å². The van der Waals surface area contributed by atoms with E-state index in [1.54, 1.807) is 0 Å². The van der Waals surface area contributed by atoms with Gasteiger partial charge in [0.05, 0.1) is 19.6 Å². The van der Waals surface area contributed by atoms with Crippen LogP contribution in [0.1, 0.15) is 19.4 Å². The molecule has 1 aromatic carbocycles. The first kappa shape index (κ1) is 16.3. The van der Waals surface area contributed by atoms with Crippen molar-refractivity contribution in [1.29, 1.82) is 0 Å². The van der Waals surface area contributed by atoms with Gasteiger partial charge in [-0.2, -0.15) is 0 Å². The van der Waals surface area contributed by atoms with E-state index in [0.29, 0.717) is 18.0 Å². The van der Waals surface area contributed by atoms with Crippen molar-refractivity contribution < 1.29 is 9.53 Å². The highest BCUT2D eigenvalue weighted by atomic mass is 35.5. The van der Waals surface area contributed by atoms with E-state index in [2.05, 4.69) is 24.1 Å². The monoisotopic (exact) mass is 310 g/mol. The van der Waals surface area contributed by atoms with Gasteiger partial charge < -0.3 is 10.1 Å². The summed E-state index contributed by atoms with van der Waals surface area (Å²) in [4.78, 5) is 14.4. The molecule has 0 unspecified atom stereocenters. The zero-order valence-corrected chi connectivity index (χ0v) is 13.4. The zero-order valence-electron chi connectivity index (χ0n) is 12.7. The van der Waals surface area contributed by atoms with Crippen LogP contribution in [-0.4, -0.2) is 49.2 Å². The number of halogens is 1. The van der Waals surface area contributed by atoms with E-state index in [0.717, 1.165) is 31.9 Å². The lowest BCUT2D eigenvalue weighted by Gasteiger charge is -2.40. The highest BCUT2D eigenvalue weighted by Gasteiger charge is 2.28. The minimum atomic E-state index is -0.0695. The number of rotatable bonds is 5. The van der Waals surface area contributed by atoms with Crippen LogP contribution in [0.2, 0.25) is 5.02 Å². The van der Waals surface area contributed by atoms with Crippen LogP contribution < -0.4 is 5.32 Å². The number of morpholine rings is 1. The molecule has 0 aliphatic carbocycles. The van der Waals surface area contributed by atoms with Gasteiger partial charge in [0.15, 0.2) is 0 Å². The van der Waals surface area contributed by atoms with E-state index in [9.17, 15) is 4.79 Å². The molecule has 1 N–H and O–H groups in total. The lowest BCUT2D eigenvalue weighted by atomic mass is 10.0. The fourth-order valence-electron chi connectivity index (χ4n) is 2.47. The molecule has 0 aromatic heterocycles. The topological polar surface area (TPSA) is 41.6 Å². The van der Waals surface area contributed by atoms with E-state index in [-0.39, 0.29) is 11.4 Å². The maximum absolute atomic E-state index is 12.1. The van der Waals surface area contributed by atoms with Gasteiger partial charge in [-0.1, -0.05) is 29.8 Å². The highest BCUT2D eigenvalue weighted by Crippen LogP contribution is 2.17. The first-order valence-corrected chi connectivity index (χ1v) is 7.70. The second-order valence-electron chi connectivity index (χ2n) is 5.96. The zero-order chi connectivity index (χ0) is 15.3. The second-order valence-corrected chi connectivity index (χ2v) is 6.36. The van der Waals surface area contributed by atoms with Crippen LogP contribution in [-0.2, 0) is 16.0 Å².